The van der Waals surface area contributed by atoms with E-state index in [2.05, 4.69) is 31.3 Å². The lowest BCUT2D eigenvalue weighted by molar-refractivity contribution is -0.135. The molecule has 2 amide bonds. The molecule has 3 N–H and O–H groups in total. The maximum atomic E-state index is 12.4. The number of carbonyl (C=O) groups excluding carboxylic acids is 2. The van der Waals surface area contributed by atoms with E-state index in [4.69, 9.17) is 0 Å². The second kappa shape index (κ2) is 8.08. The van der Waals surface area contributed by atoms with Gasteiger partial charge in [-0.25, -0.2) is 4.98 Å². The highest BCUT2D eigenvalue weighted by Gasteiger charge is 2.16. The number of nitrogens with one attached hydrogen (secondary N) is 3. The molecule has 0 unspecified atom stereocenters. The molecule has 158 valence electrons. The summed E-state index contributed by atoms with van der Waals surface area (Å²) in [6.07, 6.45) is 3.52. The van der Waals surface area contributed by atoms with Crippen molar-refractivity contribution in [2.45, 2.75) is 6.92 Å². The number of amides is 2. The fourth-order valence-corrected chi connectivity index (χ4v) is 4.11. The van der Waals surface area contributed by atoms with Crippen molar-refractivity contribution in [2.75, 3.05) is 10.7 Å². The molecule has 0 aliphatic rings. The zero-order valence-electron chi connectivity index (χ0n) is 16.9. The highest BCUT2D eigenvalue weighted by atomic mass is 32.1. The number of pyridine rings is 2. The number of carbonyl (C=O) groups is 2. The van der Waals surface area contributed by atoms with E-state index in [-0.39, 0.29) is 0 Å². The molecule has 4 aromatic heterocycles. The smallest absolute Gasteiger partial charge is 0.317 e. The van der Waals surface area contributed by atoms with E-state index in [9.17, 15) is 9.59 Å². The number of hydrogen-bond acceptors (Lipinski definition) is 7. The first-order valence-electron chi connectivity index (χ1n) is 9.70. The minimum absolute atomic E-state index is 0.478. The number of thiophene rings is 1. The first-order valence-corrected chi connectivity index (χ1v) is 10.6. The molecule has 1 aromatic carbocycles. The minimum atomic E-state index is -0.828. The van der Waals surface area contributed by atoms with Gasteiger partial charge in [-0.1, -0.05) is 6.07 Å². The SMILES string of the molecule is Cc1cc(-c2nnc3ccccn23)ccc1NC(=O)C(=O)NNc1nccc2sccc12. The van der Waals surface area contributed by atoms with Gasteiger partial charge in [0.25, 0.3) is 0 Å². The van der Waals surface area contributed by atoms with Crippen LogP contribution in [0.1, 0.15) is 5.56 Å². The van der Waals surface area contributed by atoms with Crippen molar-refractivity contribution in [3.8, 4) is 11.4 Å². The monoisotopic (exact) mass is 443 g/mol. The molecule has 0 spiro atoms. The average Bonchev–Trinajstić information content (AvgIpc) is 3.46. The molecule has 0 saturated carbocycles. The largest absolute Gasteiger partial charge is 0.327 e. The molecule has 0 radical (unpaired) electrons. The minimum Gasteiger partial charge on any atom is -0.317 e. The second-order valence-electron chi connectivity index (χ2n) is 7.01. The van der Waals surface area contributed by atoms with Crippen molar-refractivity contribution in [1.29, 1.82) is 0 Å². The Labute approximate surface area is 186 Å². The van der Waals surface area contributed by atoms with Crippen LogP contribution in [-0.2, 0) is 9.59 Å². The Morgan fingerprint density at radius 1 is 1.03 bits per heavy atom. The molecule has 5 aromatic rings. The number of benzene rings is 1. The molecule has 5 rings (SSSR count). The molecule has 9 nitrogen and oxygen atoms in total. The molecule has 0 aliphatic heterocycles. The number of hydrogen-bond donors (Lipinski definition) is 3. The Hall–Kier alpha value is -4.31. The predicted octanol–water partition coefficient (Wildman–Crippen LogP) is 3.40. The maximum Gasteiger partial charge on any atom is 0.327 e. The van der Waals surface area contributed by atoms with Gasteiger partial charge in [0.2, 0.25) is 0 Å². The summed E-state index contributed by atoms with van der Waals surface area (Å²) in [6, 6.07) is 14.9. The van der Waals surface area contributed by atoms with E-state index in [0.717, 1.165) is 26.9 Å². The lowest BCUT2D eigenvalue weighted by Gasteiger charge is -2.11. The topological polar surface area (TPSA) is 113 Å². The van der Waals surface area contributed by atoms with Gasteiger partial charge in [0, 0.05) is 33.7 Å². The van der Waals surface area contributed by atoms with Crippen molar-refractivity contribution >= 4 is 50.4 Å². The summed E-state index contributed by atoms with van der Waals surface area (Å²) in [4.78, 5) is 28.9. The Morgan fingerprint density at radius 2 is 1.94 bits per heavy atom. The zero-order valence-corrected chi connectivity index (χ0v) is 17.7. The molecule has 0 atom stereocenters. The van der Waals surface area contributed by atoms with Gasteiger partial charge in [-0.05, 0) is 60.3 Å². The number of rotatable bonds is 4. The van der Waals surface area contributed by atoms with E-state index in [1.54, 1.807) is 23.6 Å². The molecule has 0 bridgehead atoms. The van der Waals surface area contributed by atoms with Crippen LogP contribution in [-0.4, -0.2) is 31.4 Å². The molecule has 0 saturated heterocycles. The van der Waals surface area contributed by atoms with Crippen molar-refractivity contribution < 1.29 is 9.59 Å². The van der Waals surface area contributed by atoms with Crippen molar-refractivity contribution in [3.05, 3.63) is 71.9 Å². The van der Waals surface area contributed by atoms with E-state index in [1.165, 1.54) is 0 Å². The highest BCUT2D eigenvalue weighted by Crippen LogP contribution is 2.26. The lowest BCUT2D eigenvalue weighted by atomic mass is 10.1. The average molecular weight is 443 g/mol. The van der Waals surface area contributed by atoms with Crippen LogP contribution < -0.4 is 16.2 Å². The van der Waals surface area contributed by atoms with Gasteiger partial charge in [-0.3, -0.25) is 24.8 Å². The van der Waals surface area contributed by atoms with Crippen molar-refractivity contribution in [1.82, 2.24) is 25.0 Å². The maximum absolute atomic E-state index is 12.4. The first-order chi connectivity index (χ1) is 15.6. The third kappa shape index (κ3) is 3.63. The highest BCUT2D eigenvalue weighted by molar-refractivity contribution is 7.17. The van der Waals surface area contributed by atoms with E-state index in [0.29, 0.717) is 17.3 Å². The van der Waals surface area contributed by atoms with Crippen molar-refractivity contribution in [2.24, 2.45) is 0 Å². The third-order valence-electron chi connectivity index (χ3n) is 4.93. The summed E-state index contributed by atoms with van der Waals surface area (Å²) < 4.78 is 2.91. The lowest BCUT2D eigenvalue weighted by Crippen LogP contribution is -2.39. The van der Waals surface area contributed by atoms with Crippen LogP contribution in [0.5, 0.6) is 0 Å². The Balaban J connectivity index is 1.28. The van der Waals surface area contributed by atoms with Gasteiger partial charge in [-0.15, -0.1) is 21.5 Å². The number of aryl methyl sites for hydroxylation is 1. The molecule has 0 fully saturated rings. The number of fused-ring (bicyclic) bond motifs is 2. The second-order valence-corrected chi connectivity index (χ2v) is 7.96. The van der Waals surface area contributed by atoms with Crippen LogP contribution in [0.4, 0.5) is 11.5 Å². The number of hydrazine groups is 1. The summed E-state index contributed by atoms with van der Waals surface area (Å²) in [6.45, 7) is 1.85. The van der Waals surface area contributed by atoms with Gasteiger partial charge in [-0.2, -0.15) is 0 Å². The molecule has 0 aliphatic carbocycles. The Bertz CT molecular complexity index is 1470. The zero-order chi connectivity index (χ0) is 22.1. The fraction of sp³-hybridized carbons (Fsp3) is 0.0455. The molecular formula is C22H17N7O2S. The Morgan fingerprint density at radius 3 is 2.81 bits per heavy atom. The normalized spacial score (nSPS) is 10.9. The standard InChI is InChI=1S/C22H17N7O2S/c1-13-12-14(20-27-25-18-4-2-3-10-29(18)20)5-6-16(13)24-21(30)22(31)28-26-19-15-8-11-32-17(15)7-9-23-19/h2-12H,1H3,(H,23,26)(H,24,30)(H,28,31). The Kier molecular flexibility index (Phi) is 4.96. The molecule has 4 heterocycles. The van der Waals surface area contributed by atoms with Crippen LogP contribution in [0.15, 0.2) is 66.3 Å². The number of aromatic nitrogens is 4. The third-order valence-corrected chi connectivity index (χ3v) is 5.81. The van der Waals surface area contributed by atoms with Crippen LogP contribution in [0.3, 0.4) is 0 Å². The summed E-state index contributed by atoms with van der Waals surface area (Å²) in [5.74, 6) is -0.450. The van der Waals surface area contributed by atoms with Crippen molar-refractivity contribution in [3.63, 3.8) is 0 Å². The molecule has 32 heavy (non-hydrogen) atoms. The van der Waals surface area contributed by atoms with Crippen LogP contribution >= 0.6 is 11.3 Å². The van der Waals surface area contributed by atoms with E-state index < -0.39 is 11.8 Å². The van der Waals surface area contributed by atoms with Crippen LogP contribution in [0.2, 0.25) is 0 Å². The molecule has 10 heteroatoms. The predicted molar refractivity (Wildman–Crippen MR) is 123 cm³/mol. The number of nitrogens with zero attached hydrogens (tertiary/aromatic N) is 4. The van der Waals surface area contributed by atoms with Gasteiger partial charge < -0.3 is 5.32 Å². The van der Waals surface area contributed by atoms with Gasteiger partial charge in [0.05, 0.1) is 0 Å². The van der Waals surface area contributed by atoms with Crippen LogP contribution in [0, 0.1) is 6.92 Å². The van der Waals surface area contributed by atoms with Gasteiger partial charge in [0.15, 0.2) is 17.3 Å². The van der Waals surface area contributed by atoms with Gasteiger partial charge >= 0.3 is 11.8 Å². The first kappa shape index (κ1) is 19.6. The van der Waals surface area contributed by atoms with E-state index >= 15 is 0 Å². The summed E-state index contributed by atoms with van der Waals surface area (Å²) in [5, 5.41) is 13.8. The quantitative estimate of drug-likeness (QED) is 0.290. The summed E-state index contributed by atoms with van der Waals surface area (Å²) in [5.41, 5.74) is 8.02. The number of anilines is 2. The van der Waals surface area contributed by atoms with Gasteiger partial charge in [0.1, 0.15) is 0 Å². The fourth-order valence-electron chi connectivity index (χ4n) is 3.33. The summed E-state index contributed by atoms with van der Waals surface area (Å²) in [7, 11) is 0. The van der Waals surface area contributed by atoms with Crippen LogP contribution in [0.25, 0.3) is 27.1 Å². The van der Waals surface area contributed by atoms with E-state index in [1.807, 2.05) is 65.4 Å². The molecular weight excluding hydrogens is 426 g/mol. The summed E-state index contributed by atoms with van der Waals surface area (Å²) >= 11 is 1.56.